The summed E-state index contributed by atoms with van der Waals surface area (Å²) in [6.07, 6.45) is 3.08. The van der Waals surface area contributed by atoms with Crippen molar-refractivity contribution in [3.63, 3.8) is 0 Å². The van der Waals surface area contributed by atoms with Crippen LogP contribution < -0.4 is 10.6 Å². The van der Waals surface area contributed by atoms with Crippen LogP contribution in [-0.2, 0) is 14.3 Å². The van der Waals surface area contributed by atoms with Crippen LogP contribution in [0.5, 0.6) is 0 Å². The van der Waals surface area contributed by atoms with Gasteiger partial charge in [-0.1, -0.05) is 48.5 Å². The Kier molecular flexibility index (Phi) is 6.26. The van der Waals surface area contributed by atoms with Crippen molar-refractivity contribution in [3.8, 4) is 11.1 Å². The molecule has 0 radical (unpaired) electrons. The molecule has 3 aliphatic rings. The molecule has 0 spiro atoms. The second kappa shape index (κ2) is 9.49. The average molecular weight is 463 g/mol. The van der Waals surface area contributed by atoms with E-state index in [-0.39, 0.29) is 36.7 Å². The van der Waals surface area contributed by atoms with Gasteiger partial charge in [0.2, 0.25) is 5.91 Å². The largest absolute Gasteiger partial charge is 0.481 e. The van der Waals surface area contributed by atoms with Crippen LogP contribution in [-0.4, -0.2) is 42.3 Å². The lowest BCUT2D eigenvalue weighted by molar-refractivity contribution is -0.139. The number of hydrogen-bond donors (Lipinski definition) is 3. The highest BCUT2D eigenvalue weighted by Gasteiger charge is 2.39. The molecule has 34 heavy (non-hydrogen) atoms. The van der Waals surface area contributed by atoms with Gasteiger partial charge in [-0.3, -0.25) is 9.59 Å². The molecule has 7 heteroatoms. The van der Waals surface area contributed by atoms with Gasteiger partial charge in [-0.05, 0) is 65.7 Å². The number of fused-ring (bicyclic) bond motifs is 3. The lowest BCUT2D eigenvalue weighted by atomic mass is 9.73. The molecule has 5 rings (SSSR count). The van der Waals surface area contributed by atoms with Gasteiger partial charge in [0.05, 0.1) is 0 Å². The van der Waals surface area contributed by atoms with Crippen LogP contribution in [0.3, 0.4) is 0 Å². The number of rotatable bonds is 9. The minimum absolute atomic E-state index is 0.0243. The Hall–Kier alpha value is -3.35. The maximum Gasteiger partial charge on any atom is 0.407 e. The fraction of sp³-hybridized carbons (Fsp3) is 0.444. The molecule has 2 amide bonds. The minimum Gasteiger partial charge on any atom is -0.481 e. The second-order valence-electron chi connectivity index (χ2n) is 9.83. The summed E-state index contributed by atoms with van der Waals surface area (Å²) in [5.41, 5.74) is 4.64. The first-order valence-electron chi connectivity index (χ1n) is 12.1. The number of amides is 2. The van der Waals surface area contributed by atoms with Crippen LogP contribution in [0.2, 0.25) is 0 Å². The fourth-order valence-corrected chi connectivity index (χ4v) is 5.40. The highest BCUT2D eigenvalue weighted by Crippen LogP contribution is 2.44. The molecule has 3 N–H and O–H groups in total. The zero-order valence-electron chi connectivity index (χ0n) is 19.0. The first kappa shape index (κ1) is 22.4. The Morgan fingerprint density at radius 3 is 2.15 bits per heavy atom. The number of benzene rings is 2. The van der Waals surface area contributed by atoms with E-state index in [2.05, 4.69) is 34.9 Å². The number of carboxylic acid groups (broad SMARTS) is 1. The van der Waals surface area contributed by atoms with Crippen LogP contribution in [0.25, 0.3) is 11.1 Å². The molecule has 0 bridgehead atoms. The summed E-state index contributed by atoms with van der Waals surface area (Å²) >= 11 is 0. The monoisotopic (exact) mass is 462 g/mol. The molecule has 2 aromatic rings. The van der Waals surface area contributed by atoms with Gasteiger partial charge in [-0.15, -0.1) is 0 Å². The lowest BCUT2D eigenvalue weighted by Crippen LogP contribution is -2.50. The summed E-state index contributed by atoms with van der Waals surface area (Å²) in [4.78, 5) is 36.2. The van der Waals surface area contributed by atoms with Gasteiger partial charge in [0.1, 0.15) is 12.6 Å². The van der Waals surface area contributed by atoms with E-state index < -0.39 is 18.1 Å². The molecule has 7 nitrogen and oxygen atoms in total. The van der Waals surface area contributed by atoms with Crippen LogP contribution in [0.15, 0.2) is 48.5 Å². The van der Waals surface area contributed by atoms with E-state index in [1.807, 2.05) is 24.3 Å². The molecule has 2 fully saturated rings. The SMILES string of the molecule is O=C(O)CC1CC(CNC(=O)C(NC(=O)OCC2c3ccccc3-c3ccccc32)C2CC2)C1. The van der Waals surface area contributed by atoms with Gasteiger partial charge in [-0.2, -0.15) is 0 Å². The molecule has 1 atom stereocenters. The van der Waals surface area contributed by atoms with Crippen LogP contribution in [0.1, 0.15) is 49.1 Å². The van der Waals surface area contributed by atoms with E-state index in [0.29, 0.717) is 12.5 Å². The molecule has 2 saturated carbocycles. The summed E-state index contributed by atoms with van der Waals surface area (Å²) in [6.45, 7) is 0.733. The molecule has 0 aliphatic heterocycles. The lowest BCUT2D eigenvalue weighted by Gasteiger charge is -2.34. The molecule has 0 heterocycles. The Morgan fingerprint density at radius 2 is 1.56 bits per heavy atom. The van der Waals surface area contributed by atoms with E-state index in [9.17, 15) is 14.4 Å². The van der Waals surface area contributed by atoms with E-state index in [0.717, 1.165) is 36.8 Å². The van der Waals surface area contributed by atoms with Gasteiger partial charge in [-0.25, -0.2) is 4.79 Å². The first-order chi connectivity index (χ1) is 16.5. The van der Waals surface area contributed by atoms with Crippen LogP contribution in [0, 0.1) is 17.8 Å². The third kappa shape index (κ3) is 4.79. The van der Waals surface area contributed by atoms with Crippen LogP contribution in [0.4, 0.5) is 4.79 Å². The van der Waals surface area contributed by atoms with Crippen molar-refractivity contribution in [1.82, 2.24) is 10.6 Å². The van der Waals surface area contributed by atoms with Crippen molar-refractivity contribution in [3.05, 3.63) is 59.7 Å². The maximum absolute atomic E-state index is 12.8. The van der Waals surface area contributed by atoms with Crippen molar-refractivity contribution in [2.24, 2.45) is 17.8 Å². The number of carbonyl (C=O) groups excluding carboxylic acids is 2. The van der Waals surface area contributed by atoms with Crippen molar-refractivity contribution < 1.29 is 24.2 Å². The second-order valence-corrected chi connectivity index (χ2v) is 9.83. The zero-order chi connectivity index (χ0) is 23.7. The zero-order valence-corrected chi connectivity index (χ0v) is 19.0. The standard InChI is InChI=1S/C27H30N2O5/c30-24(31)13-16-11-17(12-16)14-28-26(32)25(18-9-10-18)29-27(33)34-15-23-21-7-3-1-5-19(21)20-6-2-4-8-22(20)23/h1-8,16-18,23,25H,9-15H2,(H,28,32)(H,29,33)(H,30,31). The highest BCUT2D eigenvalue weighted by atomic mass is 16.5. The summed E-state index contributed by atoms with van der Waals surface area (Å²) in [7, 11) is 0. The molecule has 0 saturated heterocycles. The summed E-state index contributed by atoms with van der Waals surface area (Å²) < 4.78 is 5.62. The normalized spacial score (nSPS) is 21.5. The van der Waals surface area contributed by atoms with Gasteiger partial charge in [0, 0.05) is 18.9 Å². The molecule has 1 unspecified atom stereocenters. The highest BCUT2D eigenvalue weighted by molar-refractivity contribution is 5.86. The molecule has 2 aromatic carbocycles. The number of carbonyl (C=O) groups is 3. The Morgan fingerprint density at radius 1 is 0.941 bits per heavy atom. The maximum atomic E-state index is 12.8. The fourth-order valence-electron chi connectivity index (χ4n) is 5.40. The van der Waals surface area contributed by atoms with E-state index >= 15 is 0 Å². The van der Waals surface area contributed by atoms with E-state index in [1.54, 1.807) is 0 Å². The molecule has 3 aliphatic carbocycles. The number of nitrogens with one attached hydrogen (secondary N) is 2. The van der Waals surface area contributed by atoms with Gasteiger partial charge in [0.15, 0.2) is 0 Å². The predicted molar refractivity (Wildman–Crippen MR) is 126 cm³/mol. The third-order valence-electron chi connectivity index (χ3n) is 7.35. The Labute approximate surface area is 198 Å². The smallest absolute Gasteiger partial charge is 0.407 e. The van der Waals surface area contributed by atoms with Crippen molar-refractivity contribution in [2.45, 2.75) is 44.1 Å². The Bertz CT molecular complexity index is 1040. The van der Waals surface area contributed by atoms with Gasteiger partial charge >= 0.3 is 12.1 Å². The summed E-state index contributed by atoms with van der Waals surface area (Å²) in [6, 6.07) is 15.8. The number of ether oxygens (including phenoxy) is 1. The third-order valence-corrected chi connectivity index (χ3v) is 7.35. The van der Waals surface area contributed by atoms with Crippen molar-refractivity contribution >= 4 is 18.0 Å². The van der Waals surface area contributed by atoms with Crippen molar-refractivity contribution in [2.75, 3.05) is 13.2 Å². The summed E-state index contributed by atoms with van der Waals surface area (Å²) in [5, 5.41) is 14.6. The number of carboxylic acids is 1. The van der Waals surface area contributed by atoms with Gasteiger partial charge in [0.25, 0.3) is 0 Å². The quantitative estimate of drug-likeness (QED) is 0.524. The number of alkyl carbamates (subject to hydrolysis) is 1. The van der Waals surface area contributed by atoms with E-state index in [4.69, 9.17) is 9.84 Å². The van der Waals surface area contributed by atoms with Crippen molar-refractivity contribution in [1.29, 1.82) is 0 Å². The molecular weight excluding hydrogens is 432 g/mol. The molecule has 178 valence electrons. The summed E-state index contributed by atoms with van der Waals surface area (Å²) in [5.74, 6) is -0.322. The van der Waals surface area contributed by atoms with Gasteiger partial charge < -0.3 is 20.5 Å². The number of aliphatic carboxylic acids is 1. The predicted octanol–water partition coefficient (Wildman–Crippen LogP) is 3.92. The minimum atomic E-state index is -0.770. The number of hydrogen-bond acceptors (Lipinski definition) is 4. The Balaban J connectivity index is 1.13. The molecular formula is C27H30N2O5. The molecule has 0 aromatic heterocycles. The van der Waals surface area contributed by atoms with E-state index in [1.165, 1.54) is 11.1 Å². The topological polar surface area (TPSA) is 105 Å². The van der Waals surface area contributed by atoms with Crippen LogP contribution >= 0.6 is 0 Å². The average Bonchev–Trinajstić information content (AvgIpc) is 3.59. The first-order valence-corrected chi connectivity index (χ1v) is 12.1.